The van der Waals surface area contributed by atoms with Crippen LogP contribution >= 0.6 is 0 Å². The second kappa shape index (κ2) is 7.87. The second-order valence-electron chi connectivity index (χ2n) is 7.16. The van der Waals surface area contributed by atoms with Gasteiger partial charge in [-0.25, -0.2) is 15.0 Å². The number of hydrazone groups is 1. The largest absolute Gasteiger partial charge is 0.514 e. The average Bonchev–Trinajstić information content (AvgIpc) is 2.36. The molecule has 0 aromatic heterocycles. The number of carbonyl (C=O) groups is 2. The lowest BCUT2D eigenvalue weighted by atomic mass is 10.2. The van der Waals surface area contributed by atoms with Crippen LogP contribution in [-0.4, -0.2) is 34.8 Å². The van der Waals surface area contributed by atoms with Crippen molar-refractivity contribution in [3.8, 4) is 11.5 Å². The Morgan fingerprint density at radius 1 is 1.08 bits per heavy atom. The minimum Gasteiger partial charge on any atom is -0.508 e. The summed E-state index contributed by atoms with van der Waals surface area (Å²) in [6.45, 7) is 10.3. The first-order chi connectivity index (χ1) is 11.4. The van der Waals surface area contributed by atoms with Gasteiger partial charge < -0.3 is 19.3 Å². The Morgan fingerprint density at radius 2 is 1.68 bits per heavy atom. The van der Waals surface area contributed by atoms with E-state index in [2.05, 4.69) is 10.5 Å². The zero-order chi connectivity index (χ0) is 19.3. The fourth-order valence-electron chi connectivity index (χ4n) is 1.53. The zero-order valence-electron chi connectivity index (χ0n) is 15.2. The van der Waals surface area contributed by atoms with E-state index in [1.165, 1.54) is 24.4 Å². The van der Waals surface area contributed by atoms with Crippen molar-refractivity contribution in [1.82, 2.24) is 5.43 Å². The van der Waals surface area contributed by atoms with Crippen LogP contribution in [0.2, 0.25) is 0 Å². The fraction of sp³-hybridized carbons (Fsp3) is 0.471. The van der Waals surface area contributed by atoms with Gasteiger partial charge in [-0.15, -0.1) is 0 Å². The maximum atomic E-state index is 11.8. The number of hydrogen-bond donors (Lipinski definition) is 2. The van der Waals surface area contributed by atoms with E-state index < -0.39 is 23.5 Å². The van der Waals surface area contributed by atoms with Gasteiger partial charge >= 0.3 is 12.2 Å². The van der Waals surface area contributed by atoms with Crippen molar-refractivity contribution >= 4 is 18.5 Å². The smallest absolute Gasteiger partial charge is 0.508 e. The number of nitrogens with zero attached hydrogens (tertiary/aromatic N) is 1. The molecule has 0 heterocycles. The molecule has 8 nitrogen and oxygen atoms in total. The van der Waals surface area contributed by atoms with E-state index in [9.17, 15) is 14.7 Å². The summed E-state index contributed by atoms with van der Waals surface area (Å²) in [5.41, 5.74) is 1.17. The predicted octanol–water partition coefficient (Wildman–Crippen LogP) is 3.56. The number of amides is 1. The summed E-state index contributed by atoms with van der Waals surface area (Å²) in [6.07, 6.45) is -0.395. The number of nitrogens with one attached hydrogen (secondary N) is 1. The molecule has 0 spiro atoms. The third-order valence-electron chi connectivity index (χ3n) is 2.34. The summed E-state index contributed by atoms with van der Waals surface area (Å²) in [5.74, 6) is -0.0696. The molecule has 1 rings (SSSR count). The van der Waals surface area contributed by atoms with Crippen molar-refractivity contribution < 1.29 is 28.9 Å². The van der Waals surface area contributed by atoms with E-state index in [1.807, 2.05) is 0 Å². The Labute approximate surface area is 146 Å². The Balaban J connectivity index is 2.82. The van der Waals surface area contributed by atoms with Crippen LogP contribution in [0.3, 0.4) is 0 Å². The topological polar surface area (TPSA) is 106 Å². The summed E-state index contributed by atoms with van der Waals surface area (Å²) in [6, 6.07) is 4.09. The normalized spacial score (nSPS) is 11.9. The molecule has 1 aromatic rings. The lowest BCUT2D eigenvalue weighted by Gasteiger charge is -2.19. The number of carbonyl (C=O) groups excluding carboxylic acids is 2. The first kappa shape index (κ1) is 20.3. The number of aromatic hydroxyl groups is 1. The maximum Gasteiger partial charge on any atom is 0.514 e. The van der Waals surface area contributed by atoms with Crippen molar-refractivity contribution in [1.29, 1.82) is 0 Å². The van der Waals surface area contributed by atoms with Gasteiger partial charge in [0.25, 0.3) is 0 Å². The molecular weight excluding hydrogens is 328 g/mol. The van der Waals surface area contributed by atoms with Gasteiger partial charge in [-0.05, 0) is 53.7 Å². The molecule has 0 aliphatic carbocycles. The Morgan fingerprint density at radius 3 is 2.24 bits per heavy atom. The Kier molecular flexibility index (Phi) is 6.38. The van der Waals surface area contributed by atoms with Gasteiger partial charge in [0.15, 0.2) is 0 Å². The predicted molar refractivity (Wildman–Crippen MR) is 91.9 cm³/mol. The summed E-state index contributed by atoms with van der Waals surface area (Å²) >= 11 is 0. The van der Waals surface area contributed by atoms with Gasteiger partial charge in [0.05, 0.1) is 6.21 Å². The minimum atomic E-state index is -0.923. The molecule has 0 unspecified atom stereocenters. The van der Waals surface area contributed by atoms with Crippen molar-refractivity contribution in [2.75, 3.05) is 0 Å². The monoisotopic (exact) mass is 352 g/mol. The van der Waals surface area contributed by atoms with E-state index in [-0.39, 0.29) is 11.5 Å². The quantitative estimate of drug-likeness (QED) is 0.373. The van der Waals surface area contributed by atoms with Gasteiger partial charge in [0.1, 0.15) is 22.7 Å². The van der Waals surface area contributed by atoms with E-state index in [1.54, 1.807) is 41.5 Å². The molecule has 2 N–H and O–H groups in total. The first-order valence-electron chi connectivity index (χ1n) is 7.62. The van der Waals surface area contributed by atoms with Crippen LogP contribution in [0.15, 0.2) is 23.3 Å². The molecule has 0 saturated carbocycles. The van der Waals surface area contributed by atoms with E-state index in [4.69, 9.17) is 14.2 Å². The summed E-state index contributed by atoms with van der Waals surface area (Å²) < 4.78 is 15.2. The van der Waals surface area contributed by atoms with Crippen molar-refractivity contribution in [3.63, 3.8) is 0 Å². The molecule has 0 aliphatic rings. The molecule has 1 amide bonds. The van der Waals surface area contributed by atoms with Crippen molar-refractivity contribution in [2.45, 2.75) is 52.7 Å². The molecule has 0 aliphatic heterocycles. The number of ether oxygens (including phenoxy) is 3. The van der Waals surface area contributed by atoms with Crippen LogP contribution in [0.25, 0.3) is 0 Å². The second-order valence-corrected chi connectivity index (χ2v) is 7.16. The van der Waals surface area contributed by atoms with Crippen LogP contribution in [0.5, 0.6) is 11.5 Å². The molecule has 0 saturated heterocycles. The maximum absolute atomic E-state index is 11.8. The average molecular weight is 352 g/mol. The lowest BCUT2D eigenvalue weighted by Crippen LogP contribution is -2.29. The molecule has 0 atom stereocenters. The van der Waals surface area contributed by atoms with Crippen molar-refractivity contribution in [3.05, 3.63) is 23.8 Å². The number of benzene rings is 1. The highest BCUT2D eigenvalue weighted by Gasteiger charge is 2.19. The molecule has 1 aromatic carbocycles. The Bertz CT molecular complexity index is 656. The van der Waals surface area contributed by atoms with Gasteiger partial charge in [0.2, 0.25) is 0 Å². The number of rotatable bonds is 3. The van der Waals surface area contributed by atoms with E-state index in [0.717, 1.165) is 0 Å². The van der Waals surface area contributed by atoms with Crippen LogP contribution in [0, 0.1) is 0 Å². The van der Waals surface area contributed by atoms with E-state index >= 15 is 0 Å². The molecule has 25 heavy (non-hydrogen) atoms. The third kappa shape index (κ3) is 8.59. The van der Waals surface area contributed by atoms with Gasteiger partial charge in [-0.2, -0.15) is 5.10 Å². The van der Waals surface area contributed by atoms with E-state index in [0.29, 0.717) is 5.56 Å². The molecule has 138 valence electrons. The number of phenolic OH excluding ortho intramolecular Hbond substituents is 1. The molecular formula is C17H24N2O6. The highest BCUT2D eigenvalue weighted by molar-refractivity contribution is 5.86. The van der Waals surface area contributed by atoms with Crippen LogP contribution in [0.4, 0.5) is 9.59 Å². The molecule has 0 radical (unpaired) electrons. The highest BCUT2D eigenvalue weighted by atomic mass is 16.7. The summed E-state index contributed by atoms with van der Waals surface area (Å²) in [5, 5.41) is 13.3. The summed E-state index contributed by atoms with van der Waals surface area (Å²) in [7, 11) is 0. The lowest BCUT2D eigenvalue weighted by molar-refractivity contribution is 0.0205. The van der Waals surface area contributed by atoms with Crippen LogP contribution in [0.1, 0.15) is 47.1 Å². The SMILES string of the molecule is CC(C)(C)OC(=O)N/N=C/c1ccc(O)cc1OC(=O)OC(C)(C)C. The summed E-state index contributed by atoms with van der Waals surface area (Å²) in [4.78, 5) is 23.3. The number of phenols is 1. The molecule has 8 heteroatoms. The van der Waals surface area contributed by atoms with Crippen molar-refractivity contribution in [2.24, 2.45) is 5.10 Å². The fourth-order valence-corrected chi connectivity index (χ4v) is 1.53. The Hall–Kier alpha value is -2.77. The first-order valence-corrected chi connectivity index (χ1v) is 7.62. The minimum absolute atomic E-state index is 0.0315. The third-order valence-corrected chi connectivity index (χ3v) is 2.34. The molecule has 0 bridgehead atoms. The zero-order valence-corrected chi connectivity index (χ0v) is 15.2. The van der Waals surface area contributed by atoms with Crippen LogP contribution in [-0.2, 0) is 9.47 Å². The highest BCUT2D eigenvalue weighted by Crippen LogP contribution is 2.24. The van der Waals surface area contributed by atoms with Gasteiger partial charge in [0, 0.05) is 11.6 Å². The van der Waals surface area contributed by atoms with Crippen LogP contribution < -0.4 is 10.2 Å². The van der Waals surface area contributed by atoms with Gasteiger partial charge in [-0.1, -0.05) is 0 Å². The van der Waals surface area contributed by atoms with Gasteiger partial charge in [-0.3, -0.25) is 0 Å². The number of hydrogen-bond acceptors (Lipinski definition) is 7. The molecule has 0 fully saturated rings. The standard InChI is InChI=1S/C17H24N2O6/c1-16(2,3)24-14(21)19-18-10-11-7-8-12(20)9-13(11)23-15(22)25-17(4,5)6/h7-10,20H,1-6H3,(H,19,21)/b18-10+.